The van der Waals surface area contributed by atoms with E-state index in [1.807, 2.05) is 0 Å². The molecule has 0 aromatic carbocycles. The number of alkyl halides is 4. The molecule has 35 heavy (non-hydrogen) atoms. The van der Waals surface area contributed by atoms with Crippen molar-refractivity contribution in [3.8, 4) is 11.6 Å². The Hall–Kier alpha value is -4.17. The molecule has 2 aliphatic heterocycles. The van der Waals surface area contributed by atoms with Crippen LogP contribution in [0.3, 0.4) is 0 Å². The van der Waals surface area contributed by atoms with Crippen molar-refractivity contribution in [2.75, 3.05) is 24.5 Å². The molecule has 2 atom stereocenters. The number of carbonyl (C=O) groups excluding carboxylic acids is 2. The Morgan fingerprint density at radius 3 is 2.74 bits per heavy atom. The molecule has 3 aromatic rings. The van der Waals surface area contributed by atoms with Crippen LogP contribution in [-0.2, 0) is 4.79 Å². The van der Waals surface area contributed by atoms with Crippen molar-refractivity contribution in [1.29, 1.82) is 0 Å². The van der Waals surface area contributed by atoms with Gasteiger partial charge < -0.3 is 19.7 Å². The molecule has 5 heterocycles. The lowest BCUT2D eigenvalue weighted by molar-refractivity contribution is -0.122. The van der Waals surface area contributed by atoms with Crippen molar-refractivity contribution >= 4 is 23.3 Å². The van der Waals surface area contributed by atoms with Gasteiger partial charge in [-0.1, -0.05) is 0 Å². The van der Waals surface area contributed by atoms with Crippen molar-refractivity contribution in [3.63, 3.8) is 0 Å². The van der Waals surface area contributed by atoms with Crippen LogP contribution in [0.15, 0.2) is 36.8 Å². The maximum Gasteiger partial charge on any atom is 0.387 e. The van der Waals surface area contributed by atoms with Crippen molar-refractivity contribution in [3.05, 3.63) is 42.5 Å². The summed E-state index contributed by atoms with van der Waals surface area (Å²) in [5.41, 5.74) is 0.841. The van der Waals surface area contributed by atoms with Crippen LogP contribution in [0, 0.1) is 0 Å². The number of anilines is 1. The number of urea groups is 1. The van der Waals surface area contributed by atoms with E-state index in [4.69, 9.17) is 4.74 Å². The van der Waals surface area contributed by atoms with Gasteiger partial charge in [-0.25, -0.2) is 28.1 Å². The summed E-state index contributed by atoms with van der Waals surface area (Å²) in [5, 5.41) is 9.00. The number of amides is 3. The van der Waals surface area contributed by atoms with Gasteiger partial charge in [-0.05, 0) is 12.1 Å². The number of carbonyl (C=O) groups is 2. The standard InChI is InChI=1S/C20H17F4N7O4/c21-18(22)34-10-1-2-15(26-6-10)35-14-8-30(9-20(14,23)24)13-5-12(29-31-4-3-25-16(13)31)11-7-27-19(33)28-17(11)32/h1-6,11,14,18H,7-9H2,(H2,27,28,32,33)/t11?,14-/m0/s1. The number of fused-ring (bicyclic) bond motifs is 1. The molecule has 15 heteroatoms. The number of hydrogen-bond donors (Lipinski definition) is 2. The molecule has 0 bridgehead atoms. The first-order valence-electron chi connectivity index (χ1n) is 10.3. The van der Waals surface area contributed by atoms with Gasteiger partial charge in [0.2, 0.25) is 11.8 Å². The number of nitrogens with one attached hydrogen (secondary N) is 2. The van der Waals surface area contributed by atoms with Gasteiger partial charge in [0.05, 0.1) is 36.6 Å². The number of halogens is 4. The van der Waals surface area contributed by atoms with Crippen LogP contribution < -0.4 is 25.0 Å². The van der Waals surface area contributed by atoms with E-state index in [0.717, 1.165) is 18.3 Å². The molecule has 2 fully saturated rings. The highest BCUT2D eigenvalue weighted by atomic mass is 19.3. The molecule has 2 saturated heterocycles. The first-order chi connectivity index (χ1) is 16.7. The first-order valence-corrected chi connectivity index (χ1v) is 10.3. The number of rotatable bonds is 6. The average molecular weight is 495 g/mol. The molecular formula is C20H17F4N7O4. The predicted octanol–water partition coefficient (Wildman–Crippen LogP) is 1.55. The molecule has 3 amide bonds. The minimum absolute atomic E-state index is 0.00382. The summed E-state index contributed by atoms with van der Waals surface area (Å²) in [4.78, 5) is 33.0. The normalized spacial score (nSPS) is 21.8. The predicted molar refractivity (Wildman–Crippen MR) is 110 cm³/mol. The number of imidazole rings is 1. The van der Waals surface area contributed by atoms with E-state index >= 15 is 0 Å². The molecule has 1 unspecified atom stereocenters. The van der Waals surface area contributed by atoms with Gasteiger partial charge in [0.1, 0.15) is 5.75 Å². The topological polar surface area (TPSA) is 123 Å². The van der Waals surface area contributed by atoms with E-state index in [2.05, 4.69) is 30.4 Å². The summed E-state index contributed by atoms with van der Waals surface area (Å²) >= 11 is 0. The molecule has 2 aliphatic rings. The minimum atomic E-state index is -3.30. The molecule has 2 N–H and O–H groups in total. The molecular weight excluding hydrogens is 478 g/mol. The number of aromatic nitrogens is 4. The zero-order chi connectivity index (χ0) is 24.7. The highest BCUT2D eigenvalue weighted by Gasteiger charge is 2.51. The van der Waals surface area contributed by atoms with E-state index in [9.17, 15) is 27.2 Å². The summed E-state index contributed by atoms with van der Waals surface area (Å²) < 4.78 is 65.3. The molecule has 0 aliphatic carbocycles. The van der Waals surface area contributed by atoms with Gasteiger partial charge in [-0.15, -0.1) is 0 Å². The Kier molecular flexibility index (Phi) is 5.53. The quantitative estimate of drug-likeness (QED) is 0.494. The fraction of sp³-hybridized carbons (Fsp3) is 0.350. The van der Waals surface area contributed by atoms with Gasteiger partial charge in [-0.3, -0.25) is 10.1 Å². The van der Waals surface area contributed by atoms with Crippen LogP contribution in [0.1, 0.15) is 11.6 Å². The molecule has 0 radical (unpaired) electrons. The summed E-state index contributed by atoms with van der Waals surface area (Å²) in [6.45, 7) is -4.03. The second-order valence-corrected chi connectivity index (χ2v) is 7.86. The lowest BCUT2D eigenvalue weighted by Gasteiger charge is -2.24. The third-order valence-electron chi connectivity index (χ3n) is 5.53. The summed E-state index contributed by atoms with van der Waals surface area (Å²) in [6.07, 6.45) is 2.29. The lowest BCUT2D eigenvalue weighted by Crippen LogP contribution is -2.51. The second kappa shape index (κ2) is 8.56. The van der Waals surface area contributed by atoms with Crippen LogP contribution in [-0.4, -0.2) is 69.8 Å². The number of pyridine rings is 1. The van der Waals surface area contributed by atoms with E-state index in [0.29, 0.717) is 5.69 Å². The molecule has 184 valence electrons. The monoisotopic (exact) mass is 495 g/mol. The minimum Gasteiger partial charge on any atom is -0.466 e. The lowest BCUT2D eigenvalue weighted by atomic mass is 10.0. The van der Waals surface area contributed by atoms with E-state index in [1.165, 1.54) is 27.9 Å². The van der Waals surface area contributed by atoms with Gasteiger partial charge >= 0.3 is 18.6 Å². The molecule has 5 rings (SSSR count). The molecule has 11 nitrogen and oxygen atoms in total. The van der Waals surface area contributed by atoms with Gasteiger partial charge in [0.25, 0.3) is 0 Å². The van der Waals surface area contributed by atoms with Gasteiger partial charge in [0, 0.05) is 25.0 Å². The first kappa shape index (κ1) is 22.6. The zero-order valence-electron chi connectivity index (χ0n) is 17.7. The fourth-order valence-corrected chi connectivity index (χ4v) is 3.91. The van der Waals surface area contributed by atoms with Crippen LogP contribution in [0.5, 0.6) is 11.6 Å². The SMILES string of the molecule is O=C1NCC(c2cc(N3C[C@H](Oc4ccc(OC(F)F)cn4)C(F)(F)C3)c3nccn3n2)C(=O)N1. The third kappa shape index (κ3) is 4.48. The van der Waals surface area contributed by atoms with Crippen molar-refractivity contribution < 1.29 is 36.6 Å². The zero-order valence-corrected chi connectivity index (χ0v) is 17.7. The summed E-state index contributed by atoms with van der Waals surface area (Å²) in [7, 11) is 0. The Labute approximate surface area is 194 Å². The Balaban J connectivity index is 1.40. The van der Waals surface area contributed by atoms with Crippen LogP contribution in [0.25, 0.3) is 5.65 Å². The van der Waals surface area contributed by atoms with Crippen molar-refractivity contribution in [1.82, 2.24) is 30.2 Å². The average Bonchev–Trinajstić information content (AvgIpc) is 3.38. The Morgan fingerprint density at radius 1 is 1.20 bits per heavy atom. The molecule has 0 spiro atoms. The Morgan fingerprint density at radius 2 is 2.03 bits per heavy atom. The second-order valence-electron chi connectivity index (χ2n) is 7.86. The van der Waals surface area contributed by atoms with Crippen LogP contribution >= 0.6 is 0 Å². The maximum absolute atomic E-state index is 14.9. The number of hydrogen-bond acceptors (Lipinski definition) is 8. The van der Waals surface area contributed by atoms with Crippen molar-refractivity contribution in [2.45, 2.75) is 24.6 Å². The smallest absolute Gasteiger partial charge is 0.387 e. The fourth-order valence-electron chi connectivity index (χ4n) is 3.91. The third-order valence-corrected chi connectivity index (χ3v) is 5.53. The van der Waals surface area contributed by atoms with E-state index in [-0.39, 0.29) is 36.1 Å². The van der Waals surface area contributed by atoms with Gasteiger partial charge in [0.15, 0.2) is 11.8 Å². The number of ether oxygens (including phenoxy) is 2. The molecule has 0 saturated carbocycles. The van der Waals surface area contributed by atoms with E-state index in [1.54, 1.807) is 0 Å². The highest BCUT2D eigenvalue weighted by Crippen LogP contribution is 2.36. The Bertz CT molecular complexity index is 1270. The highest BCUT2D eigenvalue weighted by molar-refractivity contribution is 6.00. The maximum atomic E-state index is 14.9. The van der Waals surface area contributed by atoms with E-state index < -0.39 is 43.0 Å². The molecule has 3 aromatic heterocycles. The summed E-state index contributed by atoms with van der Waals surface area (Å²) in [5.74, 6) is -5.12. The number of imide groups is 1. The van der Waals surface area contributed by atoms with Crippen molar-refractivity contribution in [2.24, 2.45) is 0 Å². The largest absolute Gasteiger partial charge is 0.466 e. The van der Waals surface area contributed by atoms with Gasteiger partial charge in [-0.2, -0.15) is 13.9 Å². The summed E-state index contributed by atoms with van der Waals surface area (Å²) in [6, 6.07) is 3.15. The van der Waals surface area contributed by atoms with Crippen LogP contribution in [0.4, 0.5) is 28.0 Å². The van der Waals surface area contributed by atoms with Crippen LogP contribution in [0.2, 0.25) is 0 Å². The number of nitrogens with zero attached hydrogens (tertiary/aromatic N) is 5.